The minimum absolute atomic E-state index is 0. The van der Waals surface area contributed by atoms with Crippen LogP contribution < -0.4 is 16.6 Å². The number of hydrazine groups is 1. The van der Waals surface area contributed by atoms with E-state index in [1.54, 1.807) is 52.7 Å². The maximum Gasteiger partial charge on any atom is 0.410 e. The number of piperidine rings is 2. The van der Waals surface area contributed by atoms with Crippen molar-refractivity contribution in [1.29, 1.82) is 0 Å². The third kappa shape index (κ3) is 14.7. The molecule has 2 amide bonds. The van der Waals surface area contributed by atoms with E-state index in [1.165, 1.54) is 35.5 Å². The number of amides is 2. The Balaban J connectivity index is 0.000000180. The SMILES string of the molecule is Cl.NNc1ccc(Sc2ccc(F)cc2)cc1.O=C(OCc1ccccc1)N1CCC2(CC1)CNc1ccc(Sc3ccc(F)cc3)cc12.O=CC1CCN(C(=O)OCc2ccccc2)CC1. The van der Waals surface area contributed by atoms with Gasteiger partial charge in [-0.1, -0.05) is 84.2 Å². The lowest BCUT2D eigenvalue weighted by Crippen LogP contribution is -2.46. The number of fused-ring (bicyclic) bond motifs is 2. The molecule has 2 saturated heterocycles. The predicted molar refractivity (Wildman–Crippen MR) is 264 cm³/mol. The molecule has 0 aliphatic carbocycles. The second-order valence-corrected chi connectivity index (χ2v) is 18.4. The monoisotopic (exact) mass is 965 g/mol. The highest BCUT2D eigenvalue weighted by Gasteiger charge is 2.42. The first kappa shape index (κ1) is 50.4. The number of rotatable bonds is 10. The Labute approximate surface area is 405 Å². The zero-order chi connectivity index (χ0) is 46.1. The molecule has 4 N–H and O–H groups in total. The van der Waals surface area contributed by atoms with Crippen LogP contribution in [0, 0.1) is 17.6 Å². The van der Waals surface area contributed by atoms with E-state index in [2.05, 4.69) is 28.9 Å². The van der Waals surface area contributed by atoms with Gasteiger partial charge in [0.15, 0.2) is 0 Å². The van der Waals surface area contributed by atoms with E-state index in [1.807, 2.05) is 89.8 Å². The number of hydrogen-bond acceptors (Lipinski definition) is 10. The third-order valence-corrected chi connectivity index (χ3v) is 13.7. The van der Waals surface area contributed by atoms with Gasteiger partial charge in [-0.05, 0) is 133 Å². The molecule has 350 valence electrons. The Hall–Kier alpha value is -6.06. The topological polar surface area (TPSA) is 126 Å². The van der Waals surface area contributed by atoms with Crippen LogP contribution in [0.15, 0.2) is 171 Å². The van der Waals surface area contributed by atoms with Crippen molar-refractivity contribution in [3.63, 3.8) is 0 Å². The molecule has 3 aliphatic rings. The van der Waals surface area contributed by atoms with Gasteiger partial charge in [0.05, 0.1) is 0 Å². The summed E-state index contributed by atoms with van der Waals surface area (Å²) in [7, 11) is 0. The number of hydrogen-bond donors (Lipinski definition) is 3. The number of carbonyl (C=O) groups is 3. The van der Waals surface area contributed by atoms with Crippen molar-refractivity contribution < 1.29 is 32.6 Å². The second kappa shape index (κ2) is 25.2. The van der Waals surface area contributed by atoms with Gasteiger partial charge in [-0.2, -0.15) is 0 Å². The number of nitrogen functional groups attached to an aromatic ring is 1. The lowest BCUT2D eigenvalue weighted by molar-refractivity contribution is -0.112. The minimum Gasteiger partial charge on any atom is -0.445 e. The van der Waals surface area contributed by atoms with Crippen molar-refractivity contribution in [2.24, 2.45) is 11.8 Å². The molecule has 0 saturated carbocycles. The largest absolute Gasteiger partial charge is 0.445 e. The zero-order valence-corrected chi connectivity index (χ0v) is 39.3. The normalized spacial score (nSPS) is 14.7. The van der Waals surface area contributed by atoms with Crippen LogP contribution in [0.25, 0.3) is 0 Å². The van der Waals surface area contributed by atoms with E-state index < -0.39 is 0 Å². The molecule has 15 heteroatoms. The van der Waals surface area contributed by atoms with Crippen molar-refractivity contribution >= 4 is 65.8 Å². The number of aldehydes is 1. The molecule has 0 atom stereocenters. The van der Waals surface area contributed by atoms with Crippen molar-refractivity contribution in [3.8, 4) is 0 Å². The fourth-order valence-electron chi connectivity index (χ4n) is 7.84. The molecule has 10 nitrogen and oxygen atoms in total. The molecule has 0 radical (unpaired) electrons. The Kier molecular flexibility index (Phi) is 18.9. The number of benzene rings is 6. The quantitative estimate of drug-likeness (QED) is 0.0694. The summed E-state index contributed by atoms with van der Waals surface area (Å²) in [4.78, 5) is 42.7. The van der Waals surface area contributed by atoms with Gasteiger partial charge in [0.2, 0.25) is 0 Å². The standard InChI is InChI=1S/C26H25FN2O2S.C14H17NO3.C12H11FN2S.ClH/c27-20-6-8-21(9-7-20)32-22-10-11-24-23(16-22)26(18-28-24)12-14-29(15-13-26)25(30)31-17-19-4-2-1-3-5-19;16-10-12-6-8-15(9-7-12)14(17)18-11-13-4-2-1-3-5-13;13-9-1-5-11(6-2-9)16-12-7-3-10(15-14)4-8-12;/h1-11,16,28H,12-15,17-18H2;1-5,10,12H,6-9,11H2;1-8,15H,14H2;1H. The molecule has 0 bridgehead atoms. The van der Waals surface area contributed by atoms with Crippen LogP contribution in [0.2, 0.25) is 0 Å². The number of halogens is 3. The van der Waals surface area contributed by atoms with Crippen LogP contribution >= 0.6 is 35.9 Å². The summed E-state index contributed by atoms with van der Waals surface area (Å²) < 4.78 is 36.7. The molecule has 6 aromatic carbocycles. The number of nitrogens with two attached hydrogens (primary N) is 1. The van der Waals surface area contributed by atoms with Gasteiger partial charge >= 0.3 is 12.2 Å². The smallest absolute Gasteiger partial charge is 0.410 e. The Bertz CT molecular complexity index is 2480. The molecule has 1 spiro atoms. The summed E-state index contributed by atoms with van der Waals surface area (Å²) in [5, 5.41) is 3.56. The van der Waals surface area contributed by atoms with E-state index in [0.29, 0.717) is 39.4 Å². The maximum atomic E-state index is 13.2. The number of carbonyl (C=O) groups excluding carboxylic acids is 3. The third-order valence-electron chi connectivity index (χ3n) is 11.7. The lowest BCUT2D eigenvalue weighted by atomic mass is 9.74. The zero-order valence-electron chi connectivity index (χ0n) is 36.9. The summed E-state index contributed by atoms with van der Waals surface area (Å²) >= 11 is 3.22. The highest BCUT2D eigenvalue weighted by Crippen LogP contribution is 2.46. The molecule has 67 heavy (non-hydrogen) atoms. The van der Waals surface area contributed by atoms with Gasteiger partial charge in [0.25, 0.3) is 0 Å². The fourth-order valence-corrected chi connectivity index (χ4v) is 9.51. The summed E-state index contributed by atoms with van der Waals surface area (Å²) in [6.07, 6.45) is 3.73. The number of nitrogens with zero attached hydrogens (tertiary/aromatic N) is 2. The van der Waals surface area contributed by atoms with Crippen LogP contribution in [-0.4, -0.2) is 61.0 Å². The van der Waals surface area contributed by atoms with E-state index in [4.69, 9.17) is 15.3 Å². The predicted octanol–water partition coefficient (Wildman–Crippen LogP) is 12.0. The van der Waals surface area contributed by atoms with E-state index in [0.717, 1.165) is 74.9 Å². The van der Waals surface area contributed by atoms with Crippen LogP contribution in [0.5, 0.6) is 0 Å². The minimum atomic E-state index is -0.289. The Morgan fingerprint density at radius 3 is 1.58 bits per heavy atom. The van der Waals surface area contributed by atoms with Gasteiger partial charge in [0.1, 0.15) is 31.1 Å². The van der Waals surface area contributed by atoms with Crippen molar-refractivity contribution in [3.05, 3.63) is 180 Å². The average Bonchev–Trinajstić information content (AvgIpc) is 3.71. The summed E-state index contributed by atoms with van der Waals surface area (Å²) in [5.41, 5.74) is 7.93. The van der Waals surface area contributed by atoms with Gasteiger partial charge in [0, 0.05) is 75.0 Å². The van der Waals surface area contributed by atoms with Gasteiger partial charge in [-0.15, -0.1) is 12.4 Å². The van der Waals surface area contributed by atoms with Crippen molar-refractivity contribution in [2.45, 2.75) is 63.9 Å². The van der Waals surface area contributed by atoms with E-state index in [9.17, 15) is 23.2 Å². The molecule has 6 aromatic rings. The number of ether oxygens (including phenoxy) is 2. The van der Waals surface area contributed by atoms with E-state index in [-0.39, 0.29) is 47.6 Å². The van der Waals surface area contributed by atoms with Crippen LogP contribution in [-0.2, 0) is 32.9 Å². The first-order chi connectivity index (χ1) is 32.2. The molecular weight excluding hydrogens is 912 g/mol. The van der Waals surface area contributed by atoms with Crippen molar-refractivity contribution in [2.75, 3.05) is 43.5 Å². The van der Waals surface area contributed by atoms with Crippen molar-refractivity contribution in [1.82, 2.24) is 9.80 Å². The number of likely N-dealkylation sites (tertiary alicyclic amines) is 2. The lowest BCUT2D eigenvalue weighted by Gasteiger charge is -2.39. The first-order valence-electron chi connectivity index (χ1n) is 21.9. The molecule has 2 fully saturated rings. The van der Waals surface area contributed by atoms with Gasteiger partial charge in [-0.3, -0.25) is 5.84 Å². The summed E-state index contributed by atoms with van der Waals surface area (Å²) in [5.74, 6) is 4.93. The first-order valence-corrected chi connectivity index (χ1v) is 23.5. The van der Waals surface area contributed by atoms with Crippen LogP contribution in [0.4, 0.5) is 29.7 Å². The summed E-state index contributed by atoms with van der Waals surface area (Å²) in [6.45, 7) is 4.07. The molecular formula is C52H54ClF2N5O5S2. The van der Waals surface area contributed by atoms with E-state index >= 15 is 0 Å². The highest BCUT2D eigenvalue weighted by atomic mass is 35.5. The van der Waals surface area contributed by atoms with Gasteiger partial charge < -0.3 is 34.8 Å². The molecule has 3 heterocycles. The maximum absolute atomic E-state index is 13.2. The number of anilines is 2. The molecule has 0 unspecified atom stereocenters. The highest BCUT2D eigenvalue weighted by molar-refractivity contribution is 7.99. The summed E-state index contributed by atoms with van der Waals surface area (Å²) in [6, 6.07) is 46.6. The Morgan fingerprint density at radius 2 is 1.10 bits per heavy atom. The second-order valence-electron chi connectivity index (χ2n) is 16.1. The van der Waals surface area contributed by atoms with Crippen LogP contribution in [0.3, 0.4) is 0 Å². The average molecular weight is 967 g/mol. The van der Waals surface area contributed by atoms with Gasteiger partial charge in [-0.25, -0.2) is 18.4 Å². The Morgan fingerprint density at radius 1 is 0.657 bits per heavy atom. The molecule has 9 rings (SSSR count). The fraction of sp³-hybridized carbons (Fsp3) is 0.250. The van der Waals surface area contributed by atoms with Crippen LogP contribution in [0.1, 0.15) is 42.4 Å². The number of nitrogens with one attached hydrogen (secondary N) is 2. The molecule has 3 aliphatic heterocycles. The molecule has 0 aromatic heterocycles.